The van der Waals surface area contributed by atoms with E-state index in [9.17, 15) is 0 Å². The highest BCUT2D eigenvalue weighted by molar-refractivity contribution is 5.73. The van der Waals surface area contributed by atoms with Crippen molar-refractivity contribution in [1.29, 1.82) is 0 Å². The summed E-state index contributed by atoms with van der Waals surface area (Å²) in [5, 5.41) is 3.42. The van der Waals surface area contributed by atoms with Crippen molar-refractivity contribution in [3.8, 4) is 0 Å². The number of nitrogens with zero attached hydrogens (tertiary/aromatic N) is 2. The van der Waals surface area contributed by atoms with E-state index in [0.29, 0.717) is 0 Å². The number of benzene rings is 1. The number of aryl methyl sites for hydroxylation is 1. The van der Waals surface area contributed by atoms with Crippen molar-refractivity contribution in [2.24, 2.45) is 5.92 Å². The molecule has 0 atom stereocenters. The third kappa shape index (κ3) is 3.29. The molecule has 0 bridgehead atoms. The van der Waals surface area contributed by atoms with Crippen LogP contribution in [0.1, 0.15) is 31.4 Å². The van der Waals surface area contributed by atoms with Crippen LogP contribution in [0.3, 0.4) is 0 Å². The predicted molar refractivity (Wildman–Crippen MR) is 78.1 cm³/mol. The zero-order chi connectivity index (χ0) is 12.9. The summed E-state index contributed by atoms with van der Waals surface area (Å²) >= 11 is 0. The van der Waals surface area contributed by atoms with Crippen molar-refractivity contribution < 1.29 is 0 Å². The van der Waals surface area contributed by atoms with E-state index in [1.165, 1.54) is 38.8 Å². The number of para-hydroxylation sites is 2. The lowest BCUT2D eigenvalue weighted by Gasteiger charge is -2.22. The molecule has 0 spiro atoms. The van der Waals surface area contributed by atoms with Crippen LogP contribution in [0.2, 0.25) is 0 Å². The molecule has 1 aliphatic rings. The number of aromatic nitrogens is 2. The van der Waals surface area contributed by atoms with E-state index in [2.05, 4.69) is 15.3 Å². The van der Waals surface area contributed by atoms with E-state index in [1.54, 1.807) is 0 Å². The lowest BCUT2D eigenvalue weighted by Crippen LogP contribution is -2.27. The summed E-state index contributed by atoms with van der Waals surface area (Å²) in [6.45, 7) is 2.39. The smallest absolute Gasteiger partial charge is 0.0890 e. The molecule has 1 aliphatic heterocycles. The van der Waals surface area contributed by atoms with E-state index in [1.807, 2.05) is 30.5 Å². The number of rotatable bonds is 4. The van der Waals surface area contributed by atoms with Gasteiger partial charge in [-0.2, -0.15) is 0 Å². The SMILES string of the molecule is c1ccc2nc(CCCC3CCNCC3)cnc2c1. The minimum absolute atomic E-state index is 0.912. The Balaban J connectivity index is 1.56. The second kappa shape index (κ2) is 6.11. The van der Waals surface area contributed by atoms with E-state index in [0.717, 1.165) is 29.1 Å². The molecule has 3 heteroatoms. The highest BCUT2D eigenvalue weighted by Gasteiger charge is 2.12. The molecule has 2 aromatic rings. The molecule has 1 N–H and O–H groups in total. The number of hydrogen-bond acceptors (Lipinski definition) is 3. The second-order valence-corrected chi connectivity index (χ2v) is 5.44. The minimum Gasteiger partial charge on any atom is -0.317 e. The lowest BCUT2D eigenvalue weighted by molar-refractivity contribution is 0.347. The number of hydrogen-bond donors (Lipinski definition) is 1. The molecule has 3 nitrogen and oxygen atoms in total. The van der Waals surface area contributed by atoms with Gasteiger partial charge in [-0.15, -0.1) is 0 Å². The number of piperidine rings is 1. The first-order valence-electron chi connectivity index (χ1n) is 7.33. The van der Waals surface area contributed by atoms with Crippen LogP contribution >= 0.6 is 0 Å². The van der Waals surface area contributed by atoms with Gasteiger partial charge in [0.1, 0.15) is 0 Å². The fraction of sp³-hybridized carbons (Fsp3) is 0.500. The van der Waals surface area contributed by atoms with Gasteiger partial charge >= 0.3 is 0 Å². The van der Waals surface area contributed by atoms with Gasteiger partial charge in [-0.25, -0.2) is 4.98 Å². The van der Waals surface area contributed by atoms with Gasteiger partial charge in [0.15, 0.2) is 0 Å². The Bertz CT molecular complexity index is 532. The Labute approximate surface area is 114 Å². The summed E-state index contributed by atoms with van der Waals surface area (Å²) in [7, 11) is 0. The first-order chi connectivity index (χ1) is 9.42. The summed E-state index contributed by atoms with van der Waals surface area (Å²) in [6.07, 6.45) is 8.23. The molecule has 0 saturated carbocycles. The van der Waals surface area contributed by atoms with Crippen molar-refractivity contribution in [2.75, 3.05) is 13.1 Å². The third-order valence-corrected chi connectivity index (χ3v) is 4.00. The van der Waals surface area contributed by atoms with Crippen LogP contribution in [0.4, 0.5) is 0 Å². The summed E-state index contributed by atoms with van der Waals surface area (Å²) < 4.78 is 0. The van der Waals surface area contributed by atoms with Crippen molar-refractivity contribution in [3.63, 3.8) is 0 Å². The summed E-state index contributed by atoms with van der Waals surface area (Å²) in [5.41, 5.74) is 3.14. The second-order valence-electron chi connectivity index (χ2n) is 5.44. The van der Waals surface area contributed by atoms with Crippen molar-refractivity contribution in [2.45, 2.75) is 32.1 Å². The van der Waals surface area contributed by atoms with Gasteiger partial charge < -0.3 is 5.32 Å². The Morgan fingerprint density at radius 3 is 2.74 bits per heavy atom. The standard InChI is InChI=1S/C16H21N3/c1-2-7-16-15(6-1)18-12-14(19-16)5-3-4-13-8-10-17-11-9-13/h1-2,6-7,12-13,17H,3-5,8-11H2. The molecule has 0 amide bonds. The zero-order valence-electron chi connectivity index (χ0n) is 11.3. The van der Waals surface area contributed by atoms with Crippen LogP contribution in [0.5, 0.6) is 0 Å². The highest BCUT2D eigenvalue weighted by atomic mass is 14.9. The summed E-state index contributed by atoms with van der Waals surface area (Å²) in [5.74, 6) is 0.912. The maximum atomic E-state index is 4.68. The summed E-state index contributed by atoms with van der Waals surface area (Å²) in [6, 6.07) is 8.09. The lowest BCUT2D eigenvalue weighted by atomic mass is 9.92. The van der Waals surface area contributed by atoms with Crippen LogP contribution in [0, 0.1) is 5.92 Å². The molecule has 1 aromatic carbocycles. The maximum absolute atomic E-state index is 4.68. The molecule has 1 fully saturated rings. The zero-order valence-corrected chi connectivity index (χ0v) is 11.3. The fourth-order valence-electron chi connectivity index (χ4n) is 2.86. The van der Waals surface area contributed by atoms with Gasteiger partial charge in [-0.3, -0.25) is 4.98 Å². The Hall–Kier alpha value is -1.48. The van der Waals surface area contributed by atoms with Crippen LogP contribution < -0.4 is 5.32 Å². The van der Waals surface area contributed by atoms with Gasteiger partial charge in [0.25, 0.3) is 0 Å². The van der Waals surface area contributed by atoms with E-state index < -0.39 is 0 Å². The molecular formula is C16H21N3. The maximum Gasteiger partial charge on any atom is 0.0890 e. The summed E-state index contributed by atoms with van der Waals surface area (Å²) in [4.78, 5) is 9.16. The molecule has 1 saturated heterocycles. The minimum atomic E-state index is 0.912. The largest absolute Gasteiger partial charge is 0.317 e. The van der Waals surface area contributed by atoms with Crippen molar-refractivity contribution in [3.05, 3.63) is 36.2 Å². The van der Waals surface area contributed by atoms with Gasteiger partial charge in [-0.1, -0.05) is 12.1 Å². The molecule has 1 aromatic heterocycles. The van der Waals surface area contributed by atoms with Gasteiger partial charge in [0.2, 0.25) is 0 Å². The topological polar surface area (TPSA) is 37.8 Å². The third-order valence-electron chi connectivity index (χ3n) is 4.00. The molecule has 3 rings (SSSR count). The molecule has 0 radical (unpaired) electrons. The molecule has 2 heterocycles. The van der Waals surface area contributed by atoms with E-state index in [-0.39, 0.29) is 0 Å². The average Bonchev–Trinajstić information content (AvgIpc) is 2.48. The first-order valence-corrected chi connectivity index (χ1v) is 7.33. The van der Waals surface area contributed by atoms with E-state index in [4.69, 9.17) is 0 Å². The Kier molecular flexibility index (Phi) is 4.04. The van der Waals surface area contributed by atoms with Crippen LogP contribution in [0.25, 0.3) is 11.0 Å². The average molecular weight is 255 g/mol. The van der Waals surface area contributed by atoms with E-state index >= 15 is 0 Å². The predicted octanol–water partition coefficient (Wildman–Crippen LogP) is 2.95. The monoisotopic (exact) mass is 255 g/mol. The molecule has 0 aliphatic carbocycles. The quantitative estimate of drug-likeness (QED) is 0.912. The highest BCUT2D eigenvalue weighted by Crippen LogP contribution is 2.19. The van der Waals surface area contributed by atoms with Crippen LogP contribution in [0.15, 0.2) is 30.5 Å². The molecule has 19 heavy (non-hydrogen) atoms. The van der Waals surface area contributed by atoms with Crippen LogP contribution in [-0.4, -0.2) is 23.1 Å². The normalized spacial score (nSPS) is 16.8. The van der Waals surface area contributed by atoms with Crippen molar-refractivity contribution in [1.82, 2.24) is 15.3 Å². The molecule has 0 unspecified atom stereocenters. The number of fused-ring (bicyclic) bond motifs is 1. The molecule has 100 valence electrons. The van der Waals surface area contributed by atoms with Crippen LogP contribution in [-0.2, 0) is 6.42 Å². The van der Waals surface area contributed by atoms with Gasteiger partial charge in [0, 0.05) is 6.20 Å². The van der Waals surface area contributed by atoms with Gasteiger partial charge in [-0.05, 0) is 63.2 Å². The molecular weight excluding hydrogens is 234 g/mol. The Morgan fingerprint density at radius 2 is 1.89 bits per heavy atom. The number of nitrogens with one attached hydrogen (secondary N) is 1. The first kappa shape index (κ1) is 12.5. The van der Waals surface area contributed by atoms with Gasteiger partial charge in [0.05, 0.1) is 16.7 Å². The fourth-order valence-corrected chi connectivity index (χ4v) is 2.86. The van der Waals surface area contributed by atoms with Crippen molar-refractivity contribution >= 4 is 11.0 Å². The Morgan fingerprint density at radius 1 is 1.11 bits per heavy atom.